The summed E-state index contributed by atoms with van der Waals surface area (Å²) in [7, 11) is -3.49. The molecule has 1 aliphatic heterocycles. The minimum atomic E-state index is -3.49. The molecule has 1 aliphatic rings. The van der Waals surface area contributed by atoms with Crippen LogP contribution in [-0.2, 0) is 10.0 Å². The largest absolute Gasteiger partial charge is 0.398 e. The lowest BCUT2D eigenvalue weighted by molar-refractivity contribution is 0.364. The fourth-order valence-electron chi connectivity index (χ4n) is 2.20. The van der Waals surface area contributed by atoms with Gasteiger partial charge < -0.3 is 5.73 Å². The van der Waals surface area contributed by atoms with Gasteiger partial charge in [0.05, 0.1) is 5.69 Å². The van der Waals surface area contributed by atoms with Crippen LogP contribution in [-0.4, -0.2) is 30.8 Å². The molecule has 2 heterocycles. The first-order chi connectivity index (χ1) is 8.62. The highest BCUT2D eigenvalue weighted by atomic mass is 32.2. The van der Waals surface area contributed by atoms with Crippen LogP contribution in [0.3, 0.4) is 0 Å². The van der Waals surface area contributed by atoms with Crippen LogP contribution in [0, 0.1) is 0 Å². The molecule has 1 aromatic heterocycles. The van der Waals surface area contributed by atoms with Crippen LogP contribution in [0.4, 0.5) is 5.69 Å². The minimum Gasteiger partial charge on any atom is -0.398 e. The Morgan fingerprint density at radius 3 is 2.33 bits per heavy atom. The molecule has 1 aromatic rings. The normalized spacial score (nSPS) is 19.1. The molecule has 0 atom stereocenters. The monoisotopic (exact) mass is 269 g/mol. The van der Waals surface area contributed by atoms with Gasteiger partial charge in [-0.3, -0.25) is 4.98 Å². The van der Waals surface area contributed by atoms with Crippen molar-refractivity contribution < 1.29 is 8.42 Å². The van der Waals surface area contributed by atoms with Crippen molar-refractivity contribution in [1.82, 2.24) is 9.29 Å². The van der Waals surface area contributed by atoms with Crippen LogP contribution >= 0.6 is 0 Å². The first-order valence-electron chi connectivity index (χ1n) is 6.32. The Morgan fingerprint density at radius 1 is 1.11 bits per heavy atom. The van der Waals surface area contributed by atoms with Gasteiger partial charge in [0, 0.05) is 25.5 Å². The first-order valence-corrected chi connectivity index (χ1v) is 7.76. The molecule has 1 saturated heterocycles. The molecular formula is C12H19N3O2S. The van der Waals surface area contributed by atoms with Gasteiger partial charge >= 0.3 is 0 Å². The fraction of sp³-hybridized carbons (Fsp3) is 0.583. The summed E-state index contributed by atoms with van der Waals surface area (Å²) in [6, 6.07) is 1.52. The van der Waals surface area contributed by atoms with Crippen LogP contribution in [0.2, 0.25) is 0 Å². The van der Waals surface area contributed by atoms with Crippen molar-refractivity contribution in [1.29, 1.82) is 0 Å². The average molecular weight is 269 g/mol. The summed E-state index contributed by atoms with van der Waals surface area (Å²) in [5.41, 5.74) is 6.01. The third kappa shape index (κ3) is 2.81. The summed E-state index contributed by atoms with van der Waals surface area (Å²) in [5.74, 6) is 0. The van der Waals surface area contributed by atoms with Crippen molar-refractivity contribution in [3.8, 4) is 0 Å². The van der Waals surface area contributed by atoms with E-state index in [9.17, 15) is 8.42 Å². The topological polar surface area (TPSA) is 76.3 Å². The maximum Gasteiger partial charge on any atom is 0.246 e. The summed E-state index contributed by atoms with van der Waals surface area (Å²) < 4.78 is 26.5. The van der Waals surface area contributed by atoms with Crippen molar-refractivity contribution in [2.24, 2.45) is 0 Å². The van der Waals surface area contributed by atoms with Gasteiger partial charge in [0.15, 0.2) is 0 Å². The SMILES string of the molecule is Nc1ccncc1S(=O)(=O)N1CCCCCCC1. The molecule has 5 nitrogen and oxygen atoms in total. The van der Waals surface area contributed by atoms with E-state index in [0.717, 1.165) is 25.7 Å². The second kappa shape index (κ2) is 5.67. The predicted octanol–water partition coefficient (Wildman–Crippen LogP) is 1.62. The zero-order valence-corrected chi connectivity index (χ0v) is 11.2. The number of nitrogens with zero attached hydrogens (tertiary/aromatic N) is 2. The minimum absolute atomic E-state index is 0.130. The summed E-state index contributed by atoms with van der Waals surface area (Å²) in [4.78, 5) is 3.99. The number of sulfonamides is 1. The van der Waals surface area contributed by atoms with E-state index < -0.39 is 10.0 Å². The van der Waals surface area contributed by atoms with Crippen molar-refractivity contribution >= 4 is 15.7 Å². The maximum absolute atomic E-state index is 12.5. The molecule has 2 rings (SSSR count). The Bertz CT molecular complexity index is 494. The van der Waals surface area contributed by atoms with E-state index in [0.29, 0.717) is 13.1 Å². The summed E-state index contributed by atoms with van der Waals surface area (Å²) >= 11 is 0. The van der Waals surface area contributed by atoms with E-state index in [1.807, 2.05) is 0 Å². The Hall–Kier alpha value is -1.14. The Balaban J connectivity index is 2.26. The van der Waals surface area contributed by atoms with Gasteiger partial charge in [0.25, 0.3) is 0 Å². The van der Waals surface area contributed by atoms with Gasteiger partial charge in [0.1, 0.15) is 4.90 Å². The molecule has 0 radical (unpaired) electrons. The van der Waals surface area contributed by atoms with Crippen LogP contribution in [0.5, 0.6) is 0 Å². The van der Waals surface area contributed by atoms with E-state index in [-0.39, 0.29) is 10.6 Å². The first kappa shape index (κ1) is 13.3. The van der Waals surface area contributed by atoms with Crippen molar-refractivity contribution in [3.63, 3.8) is 0 Å². The van der Waals surface area contributed by atoms with E-state index in [1.54, 1.807) is 4.31 Å². The van der Waals surface area contributed by atoms with Gasteiger partial charge in [0.2, 0.25) is 10.0 Å². The van der Waals surface area contributed by atoms with Gasteiger partial charge in [-0.1, -0.05) is 19.3 Å². The number of pyridine rings is 1. The Morgan fingerprint density at radius 2 is 1.72 bits per heavy atom. The molecular weight excluding hydrogens is 250 g/mol. The second-order valence-electron chi connectivity index (χ2n) is 4.59. The van der Waals surface area contributed by atoms with E-state index in [1.165, 1.54) is 24.9 Å². The van der Waals surface area contributed by atoms with Crippen LogP contribution in [0.25, 0.3) is 0 Å². The molecule has 6 heteroatoms. The van der Waals surface area contributed by atoms with Gasteiger partial charge in [-0.15, -0.1) is 0 Å². The van der Waals surface area contributed by atoms with Crippen molar-refractivity contribution in [2.45, 2.75) is 37.0 Å². The Kier molecular flexibility index (Phi) is 4.19. The zero-order valence-electron chi connectivity index (χ0n) is 10.4. The number of rotatable bonds is 2. The molecule has 18 heavy (non-hydrogen) atoms. The number of nitrogen functional groups attached to an aromatic ring is 1. The smallest absolute Gasteiger partial charge is 0.246 e. The molecule has 0 aliphatic carbocycles. The molecule has 0 bridgehead atoms. The average Bonchev–Trinajstić information content (AvgIpc) is 2.28. The number of hydrogen-bond donors (Lipinski definition) is 1. The quantitative estimate of drug-likeness (QED) is 0.885. The van der Waals surface area contributed by atoms with Crippen molar-refractivity contribution in [2.75, 3.05) is 18.8 Å². The van der Waals surface area contributed by atoms with Gasteiger partial charge in [-0.05, 0) is 18.9 Å². The van der Waals surface area contributed by atoms with E-state index in [4.69, 9.17) is 5.73 Å². The van der Waals surface area contributed by atoms with E-state index in [2.05, 4.69) is 4.98 Å². The fourth-order valence-corrected chi connectivity index (χ4v) is 3.78. The second-order valence-corrected chi connectivity index (χ2v) is 6.49. The highest BCUT2D eigenvalue weighted by Gasteiger charge is 2.26. The van der Waals surface area contributed by atoms with Crippen LogP contribution in [0.15, 0.2) is 23.4 Å². The third-order valence-electron chi connectivity index (χ3n) is 3.25. The highest BCUT2D eigenvalue weighted by Crippen LogP contribution is 2.23. The molecule has 1 fully saturated rings. The predicted molar refractivity (Wildman–Crippen MR) is 70.5 cm³/mol. The molecule has 0 spiro atoms. The van der Waals surface area contributed by atoms with Gasteiger partial charge in [-0.25, -0.2) is 8.42 Å². The Labute approximate surface area is 108 Å². The molecule has 0 amide bonds. The molecule has 100 valence electrons. The molecule has 0 saturated carbocycles. The lowest BCUT2D eigenvalue weighted by Crippen LogP contribution is -2.34. The molecule has 0 unspecified atom stereocenters. The number of nitrogens with two attached hydrogens (primary N) is 1. The van der Waals surface area contributed by atoms with Gasteiger partial charge in [-0.2, -0.15) is 4.31 Å². The number of anilines is 1. The zero-order chi connectivity index (χ0) is 13.0. The summed E-state index contributed by atoms with van der Waals surface area (Å²) in [6.45, 7) is 1.16. The number of aromatic nitrogens is 1. The lowest BCUT2D eigenvalue weighted by Gasteiger charge is -2.24. The lowest BCUT2D eigenvalue weighted by atomic mass is 10.1. The van der Waals surface area contributed by atoms with Crippen LogP contribution < -0.4 is 5.73 Å². The van der Waals surface area contributed by atoms with Crippen molar-refractivity contribution in [3.05, 3.63) is 18.5 Å². The number of hydrogen-bond acceptors (Lipinski definition) is 4. The maximum atomic E-state index is 12.5. The summed E-state index contributed by atoms with van der Waals surface area (Å²) in [6.07, 6.45) is 8.05. The molecule has 0 aromatic carbocycles. The summed E-state index contributed by atoms with van der Waals surface area (Å²) in [5, 5.41) is 0. The van der Waals surface area contributed by atoms with E-state index >= 15 is 0 Å². The molecule has 2 N–H and O–H groups in total. The third-order valence-corrected chi connectivity index (χ3v) is 5.19. The van der Waals surface area contributed by atoms with Crippen LogP contribution in [0.1, 0.15) is 32.1 Å². The highest BCUT2D eigenvalue weighted by molar-refractivity contribution is 7.89. The standard InChI is InChI=1S/C12H19N3O2S/c13-11-6-7-14-10-12(11)18(16,17)15-8-4-2-1-3-5-9-15/h6-7,10H,1-5,8-9H2,(H2,13,14).